The molecule has 23 heavy (non-hydrogen) atoms. The van der Waals surface area contributed by atoms with E-state index in [2.05, 4.69) is 0 Å². The van der Waals surface area contributed by atoms with Crippen LogP contribution in [0.15, 0.2) is 0 Å². The van der Waals surface area contributed by atoms with E-state index in [0.717, 1.165) is 0 Å². The highest BCUT2D eigenvalue weighted by Crippen LogP contribution is 2.21. The van der Waals surface area contributed by atoms with E-state index < -0.39 is 24.0 Å². The molecule has 128 valence electrons. The summed E-state index contributed by atoms with van der Waals surface area (Å²) in [7, 11) is 0. The van der Waals surface area contributed by atoms with Gasteiger partial charge in [-0.25, -0.2) is 9.59 Å². The van der Waals surface area contributed by atoms with E-state index in [1.54, 1.807) is 0 Å². The molecular formula is C15H22N2O6. The molecule has 0 aromatic rings. The number of carbonyl (C=O) groups excluding carboxylic acids is 2. The van der Waals surface area contributed by atoms with Crippen molar-refractivity contribution in [3.63, 3.8) is 0 Å². The molecule has 0 saturated carbocycles. The van der Waals surface area contributed by atoms with Crippen molar-refractivity contribution in [2.24, 2.45) is 0 Å². The maximum Gasteiger partial charge on any atom is 0.326 e. The molecule has 0 spiro atoms. The number of nitrogens with zero attached hydrogens (tertiary/aromatic N) is 2. The summed E-state index contributed by atoms with van der Waals surface area (Å²) in [4.78, 5) is 49.0. The van der Waals surface area contributed by atoms with Crippen LogP contribution in [0, 0.1) is 0 Å². The second-order valence-electron chi connectivity index (χ2n) is 6.02. The third-order valence-corrected chi connectivity index (χ3v) is 4.50. The predicted molar refractivity (Wildman–Crippen MR) is 78.6 cm³/mol. The molecule has 8 nitrogen and oxygen atoms in total. The number of carboxylic acid groups (broad SMARTS) is 2. The summed E-state index contributed by atoms with van der Waals surface area (Å²) in [6, 6.07) is -1.51. The number of carbonyl (C=O) groups is 4. The predicted octanol–water partition coefficient (Wildman–Crippen LogP) is 0.308. The Kier molecular flexibility index (Phi) is 5.57. The highest BCUT2D eigenvalue weighted by Gasteiger charge is 2.35. The van der Waals surface area contributed by atoms with Crippen LogP contribution in [0.1, 0.15) is 44.9 Å². The van der Waals surface area contributed by atoms with Crippen LogP contribution >= 0.6 is 0 Å². The lowest BCUT2D eigenvalue weighted by molar-refractivity contribution is -0.149. The van der Waals surface area contributed by atoms with Gasteiger partial charge in [0, 0.05) is 25.9 Å². The number of rotatable bonds is 6. The SMILES string of the molecule is O=C(O)C1CCCN1C(=O)CCCC(=O)N1CCC[C@@H]1C(=O)O. The van der Waals surface area contributed by atoms with Crippen molar-refractivity contribution >= 4 is 23.8 Å². The molecule has 2 rings (SSSR count). The average molecular weight is 326 g/mol. The van der Waals surface area contributed by atoms with Crippen LogP contribution in [0.5, 0.6) is 0 Å². The van der Waals surface area contributed by atoms with Gasteiger partial charge in [0.15, 0.2) is 0 Å². The fourth-order valence-corrected chi connectivity index (χ4v) is 3.32. The Balaban J connectivity index is 1.78. The van der Waals surface area contributed by atoms with Gasteiger partial charge >= 0.3 is 11.9 Å². The highest BCUT2D eigenvalue weighted by molar-refractivity contribution is 5.86. The standard InChI is InChI=1S/C15H22N2O6/c18-12(16-8-2-4-10(16)14(20)21)6-1-7-13(19)17-9-3-5-11(17)15(22)23/h10-11H,1-9H2,(H,20,21)(H,22,23)/t10-,11?/m1/s1. The summed E-state index contributed by atoms with van der Waals surface area (Å²) in [5.41, 5.74) is 0. The van der Waals surface area contributed by atoms with Gasteiger partial charge < -0.3 is 20.0 Å². The third-order valence-electron chi connectivity index (χ3n) is 4.50. The van der Waals surface area contributed by atoms with E-state index in [-0.39, 0.29) is 24.7 Å². The van der Waals surface area contributed by atoms with Crippen molar-refractivity contribution in [2.75, 3.05) is 13.1 Å². The monoisotopic (exact) mass is 326 g/mol. The number of hydrogen-bond acceptors (Lipinski definition) is 4. The molecule has 2 atom stereocenters. The number of likely N-dealkylation sites (tertiary alicyclic amines) is 2. The average Bonchev–Trinajstić information content (AvgIpc) is 3.15. The summed E-state index contributed by atoms with van der Waals surface area (Å²) in [6.45, 7) is 0.883. The van der Waals surface area contributed by atoms with Crippen molar-refractivity contribution in [3.8, 4) is 0 Å². The minimum absolute atomic E-state index is 0.112. The fraction of sp³-hybridized carbons (Fsp3) is 0.733. The molecular weight excluding hydrogens is 304 g/mol. The van der Waals surface area contributed by atoms with Crippen molar-refractivity contribution in [1.29, 1.82) is 0 Å². The van der Waals surface area contributed by atoms with Crippen LogP contribution < -0.4 is 0 Å². The first-order valence-corrected chi connectivity index (χ1v) is 7.96. The van der Waals surface area contributed by atoms with Gasteiger partial charge in [-0.15, -0.1) is 0 Å². The number of aliphatic carboxylic acids is 2. The molecule has 2 fully saturated rings. The van der Waals surface area contributed by atoms with E-state index in [0.29, 0.717) is 45.2 Å². The largest absolute Gasteiger partial charge is 0.480 e. The second-order valence-corrected chi connectivity index (χ2v) is 6.02. The van der Waals surface area contributed by atoms with E-state index in [9.17, 15) is 19.2 Å². The van der Waals surface area contributed by atoms with Gasteiger partial charge in [0.2, 0.25) is 11.8 Å². The quantitative estimate of drug-likeness (QED) is 0.726. The van der Waals surface area contributed by atoms with Crippen molar-refractivity contribution in [3.05, 3.63) is 0 Å². The van der Waals surface area contributed by atoms with Gasteiger partial charge in [-0.2, -0.15) is 0 Å². The molecule has 0 aliphatic carbocycles. The summed E-state index contributed by atoms with van der Waals surface area (Å²) >= 11 is 0. The van der Waals surface area contributed by atoms with E-state index in [1.807, 2.05) is 0 Å². The van der Waals surface area contributed by atoms with Gasteiger partial charge in [0.1, 0.15) is 12.1 Å². The Bertz CT molecular complexity index is 462. The van der Waals surface area contributed by atoms with Crippen molar-refractivity contribution < 1.29 is 29.4 Å². The molecule has 8 heteroatoms. The molecule has 2 heterocycles. The minimum Gasteiger partial charge on any atom is -0.480 e. The summed E-state index contributed by atoms with van der Waals surface area (Å²) in [6.07, 6.45) is 2.82. The Morgan fingerprint density at radius 3 is 1.52 bits per heavy atom. The first-order chi connectivity index (χ1) is 10.9. The molecule has 1 unspecified atom stereocenters. The van der Waals surface area contributed by atoms with Gasteiger partial charge in [-0.1, -0.05) is 0 Å². The van der Waals surface area contributed by atoms with Crippen LogP contribution in [-0.4, -0.2) is 68.9 Å². The zero-order valence-corrected chi connectivity index (χ0v) is 12.9. The molecule has 2 aliphatic rings. The smallest absolute Gasteiger partial charge is 0.326 e. The van der Waals surface area contributed by atoms with Gasteiger partial charge in [-0.05, 0) is 32.1 Å². The molecule has 0 radical (unpaired) electrons. The van der Waals surface area contributed by atoms with E-state index in [4.69, 9.17) is 10.2 Å². The Morgan fingerprint density at radius 1 is 0.783 bits per heavy atom. The summed E-state index contributed by atoms with van der Waals surface area (Å²) < 4.78 is 0. The Labute approximate surface area is 134 Å². The van der Waals surface area contributed by atoms with Crippen molar-refractivity contribution in [2.45, 2.75) is 57.0 Å². The molecule has 0 bridgehead atoms. The van der Waals surface area contributed by atoms with Crippen LogP contribution in [0.3, 0.4) is 0 Å². The Morgan fingerprint density at radius 2 is 1.17 bits per heavy atom. The van der Waals surface area contributed by atoms with Crippen LogP contribution in [0.4, 0.5) is 0 Å². The zero-order valence-electron chi connectivity index (χ0n) is 12.9. The first kappa shape index (κ1) is 17.2. The molecule has 0 aromatic heterocycles. The fourth-order valence-electron chi connectivity index (χ4n) is 3.32. The lowest BCUT2D eigenvalue weighted by Crippen LogP contribution is -2.41. The number of hydrogen-bond donors (Lipinski definition) is 2. The lowest BCUT2D eigenvalue weighted by Gasteiger charge is -2.23. The third kappa shape index (κ3) is 4.00. The zero-order chi connectivity index (χ0) is 17.0. The summed E-state index contributed by atoms with van der Waals surface area (Å²) in [5.74, 6) is -2.49. The van der Waals surface area contributed by atoms with Crippen LogP contribution in [-0.2, 0) is 19.2 Å². The van der Waals surface area contributed by atoms with E-state index >= 15 is 0 Å². The maximum atomic E-state index is 12.1. The highest BCUT2D eigenvalue weighted by atomic mass is 16.4. The van der Waals surface area contributed by atoms with E-state index in [1.165, 1.54) is 9.80 Å². The van der Waals surface area contributed by atoms with Crippen LogP contribution in [0.25, 0.3) is 0 Å². The topological polar surface area (TPSA) is 115 Å². The maximum absolute atomic E-state index is 12.1. The molecule has 2 aliphatic heterocycles. The van der Waals surface area contributed by atoms with Gasteiger partial charge in [-0.3, -0.25) is 9.59 Å². The number of carboxylic acids is 2. The van der Waals surface area contributed by atoms with Gasteiger partial charge in [0.05, 0.1) is 0 Å². The molecule has 0 aromatic carbocycles. The number of amides is 2. The first-order valence-electron chi connectivity index (χ1n) is 7.96. The van der Waals surface area contributed by atoms with Gasteiger partial charge in [0.25, 0.3) is 0 Å². The lowest BCUT2D eigenvalue weighted by atomic mass is 10.1. The van der Waals surface area contributed by atoms with Crippen molar-refractivity contribution in [1.82, 2.24) is 9.80 Å². The van der Waals surface area contributed by atoms with Crippen LogP contribution in [0.2, 0.25) is 0 Å². The Hall–Kier alpha value is -2.12. The second kappa shape index (κ2) is 7.43. The molecule has 2 amide bonds. The molecule has 2 saturated heterocycles. The summed E-state index contributed by atoms with van der Waals surface area (Å²) in [5, 5.41) is 18.1. The minimum atomic E-state index is -0.992. The normalized spacial score (nSPS) is 24.0. The molecule has 2 N–H and O–H groups in total.